The Morgan fingerprint density at radius 2 is 1.80 bits per heavy atom. The number of rotatable bonds is 0. The normalized spacial score (nSPS) is 19.2. The van der Waals surface area contributed by atoms with Gasteiger partial charge in [0, 0.05) is 6.54 Å². The molecule has 0 spiro atoms. The topological polar surface area (TPSA) is 21.3 Å². The lowest BCUT2D eigenvalue weighted by Crippen LogP contribution is -2.32. The van der Waals surface area contributed by atoms with Gasteiger partial charge in [0.2, 0.25) is 0 Å². The van der Waals surface area contributed by atoms with E-state index in [4.69, 9.17) is 0 Å². The van der Waals surface area contributed by atoms with Crippen LogP contribution in [0.15, 0.2) is 0 Å². The van der Waals surface area contributed by atoms with Gasteiger partial charge in [-0.05, 0) is 11.0 Å². The van der Waals surface area contributed by atoms with Gasteiger partial charge in [0.1, 0.15) is 0 Å². The number of hydrogen-bond donors (Lipinski definition) is 1. The maximum atomic E-state index is 4.47. The van der Waals surface area contributed by atoms with E-state index in [9.17, 15) is 0 Å². The third-order valence-corrected chi connectivity index (χ3v) is 0.408. The Labute approximate surface area is 35.5 Å². The van der Waals surface area contributed by atoms with Crippen LogP contribution in [0.3, 0.4) is 0 Å². The van der Waals surface area contributed by atoms with E-state index in [0.717, 1.165) is 13.2 Å². The number of hydrogen-bond acceptors (Lipinski definition) is 2. The van der Waals surface area contributed by atoms with Crippen molar-refractivity contribution in [3.63, 3.8) is 0 Å². The summed E-state index contributed by atoms with van der Waals surface area (Å²) in [4.78, 5) is 4.47. The molecule has 1 heterocycles. The van der Waals surface area contributed by atoms with E-state index < -0.39 is 0 Å². The summed E-state index contributed by atoms with van der Waals surface area (Å²) in [5.74, 6) is 0. The van der Waals surface area contributed by atoms with E-state index in [1.54, 1.807) is 0 Å². The van der Waals surface area contributed by atoms with Crippen LogP contribution in [0.5, 0.6) is 0 Å². The van der Waals surface area contributed by atoms with Crippen LogP contribution in [-0.4, -0.2) is 24.1 Å². The Balaban J connectivity index is 0.000000160. The standard InChI is InChI=1S/C2H5NO.H4Si/c1-2-4-3-1;/h3H,1-2H2;1H4. The van der Waals surface area contributed by atoms with Crippen molar-refractivity contribution < 1.29 is 4.84 Å². The highest BCUT2D eigenvalue weighted by atomic mass is 28.1. The van der Waals surface area contributed by atoms with E-state index >= 15 is 0 Å². The third-order valence-electron chi connectivity index (χ3n) is 0.408. The largest absolute Gasteiger partial charge is 0.300 e. The van der Waals surface area contributed by atoms with Gasteiger partial charge >= 0.3 is 0 Å². The summed E-state index contributed by atoms with van der Waals surface area (Å²) in [6.45, 7) is 1.92. The molecule has 0 amide bonds. The predicted octanol–water partition coefficient (Wildman–Crippen LogP) is -1.93. The summed E-state index contributed by atoms with van der Waals surface area (Å²) >= 11 is 0. The molecule has 1 N–H and O–H groups in total. The first-order valence-corrected chi connectivity index (χ1v) is 1.35. The van der Waals surface area contributed by atoms with Crippen molar-refractivity contribution in [2.75, 3.05) is 13.2 Å². The van der Waals surface area contributed by atoms with Crippen LogP contribution in [0.1, 0.15) is 0 Å². The van der Waals surface area contributed by atoms with Crippen LogP contribution < -0.4 is 5.48 Å². The Hall–Kier alpha value is 0.137. The minimum Gasteiger partial charge on any atom is -0.300 e. The van der Waals surface area contributed by atoms with Crippen molar-refractivity contribution in [3.8, 4) is 0 Å². The van der Waals surface area contributed by atoms with E-state index in [2.05, 4.69) is 10.3 Å². The summed E-state index contributed by atoms with van der Waals surface area (Å²) in [7, 11) is 0. The molecular weight excluding hydrogens is 82.1 g/mol. The molecule has 3 heteroatoms. The third kappa shape index (κ3) is 1.10. The van der Waals surface area contributed by atoms with Gasteiger partial charge in [-0.15, -0.1) is 0 Å². The molecule has 1 rings (SSSR count). The number of hydroxylamine groups is 1. The van der Waals surface area contributed by atoms with Crippen molar-refractivity contribution in [2.45, 2.75) is 0 Å². The van der Waals surface area contributed by atoms with Crippen molar-refractivity contribution >= 4 is 11.0 Å². The fourth-order valence-electron chi connectivity index (χ4n) is 0.102. The molecule has 0 saturated carbocycles. The summed E-state index contributed by atoms with van der Waals surface area (Å²) in [6, 6.07) is 0. The maximum Gasteiger partial charge on any atom is 0.0830 e. The zero-order valence-corrected chi connectivity index (χ0v) is 2.32. The fraction of sp³-hybridized carbons (Fsp3) is 1.00. The minimum absolute atomic E-state index is 0. The van der Waals surface area contributed by atoms with Gasteiger partial charge in [0.05, 0.1) is 6.61 Å². The zero-order chi connectivity index (χ0) is 2.83. The highest BCUT2D eigenvalue weighted by molar-refractivity contribution is 5.75. The monoisotopic (exact) mass is 91.0 g/mol. The molecule has 0 aromatic carbocycles. The van der Waals surface area contributed by atoms with Crippen molar-refractivity contribution in [1.29, 1.82) is 0 Å². The molecule has 5 heavy (non-hydrogen) atoms. The van der Waals surface area contributed by atoms with Crippen LogP contribution in [0.25, 0.3) is 0 Å². The van der Waals surface area contributed by atoms with Gasteiger partial charge in [-0.1, -0.05) is 0 Å². The van der Waals surface area contributed by atoms with Crippen LogP contribution in [-0.2, 0) is 4.84 Å². The maximum absolute atomic E-state index is 4.47. The average molecular weight is 91.2 g/mol. The molecule has 0 unspecified atom stereocenters. The fourth-order valence-corrected chi connectivity index (χ4v) is 0.102. The lowest BCUT2D eigenvalue weighted by molar-refractivity contribution is -0.0478. The second-order valence-corrected chi connectivity index (χ2v) is 0.743. The first-order valence-electron chi connectivity index (χ1n) is 1.35. The Kier molecular flexibility index (Phi) is 2.44. The minimum atomic E-state index is 0. The second kappa shape index (κ2) is 2.38. The van der Waals surface area contributed by atoms with Crippen LogP contribution >= 0.6 is 0 Å². The van der Waals surface area contributed by atoms with E-state index in [-0.39, 0.29) is 11.0 Å². The highest BCUT2D eigenvalue weighted by Crippen LogP contribution is 1.73. The van der Waals surface area contributed by atoms with Gasteiger partial charge in [0.25, 0.3) is 0 Å². The molecule has 0 atom stereocenters. The molecule has 1 fully saturated rings. The van der Waals surface area contributed by atoms with Crippen LogP contribution in [0.4, 0.5) is 0 Å². The first kappa shape index (κ1) is 5.14. The molecule has 32 valence electrons. The molecule has 0 aliphatic carbocycles. The molecule has 1 aliphatic rings. The predicted molar refractivity (Wildman–Crippen MR) is 25.3 cm³/mol. The average Bonchev–Trinajstić information content (AvgIpc) is 0.722. The number of nitrogens with one attached hydrogen (secondary N) is 1. The van der Waals surface area contributed by atoms with Crippen LogP contribution in [0, 0.1) is 0 Å². The van der Waals surface area contributed by atoms with E-state index in [0.29, 0.717) is 0 Å². The molecule has 1 saturated heterocycles. The molecule has 0 aromatic rings. The van der Waals surface area contributed by atoms with Gasteiger partial charge < -0.3 is 4.84 Å². The van der Waals surface area contributed by atoms with Crippen molar-refractivity contribution in [2.24, 2.45) is 0 Å². The lowest BCUT2D eigenvalue weighted by atomic mass is 10.7. The van der Waals surface area contributed by atoms with Gasteiger partial charge in [-0.3, -0.25) is 0 Å². The van der Waals surface area contributed by atoms with Gasteiger partial charge in [-0.25, -0.2) is 5.48 Å². The van der Waals surface area contributed by atoms with Crippen molar-refractivity contribution in [1.82, 2.24) is 5.48 Å². The SMILES string of the molecule is C1CON1.[SiH4]. The van der Waals surface area contributed by atoms with E-state index in [1.807, 2.05) is 0 Å². The second-order valence-electron chi connectivity index (χ2n) is 0.743. The summed E-state index contributed by atoms with van der Waals surface area (Å²) < 4.78 is 0. The lowest BCUT2D eigenvalue weighted by Gasteiger charge is -2.10. The summed E-state index contributed by atoms with van der Waals surface area (Å²) in [5, 5.41) is 0. The molecule has 0 radical (unpaired) electrons. The quantitative estimate of drug-likeness (QED) is 0.351. The summed E-state index contributed by atoms with van der Waals surface area (Å²) in [5.41, 5.74) is 2.61. The summed E-state index contributed by atoms with van der Waals surface area (Å²) in [6.07, 6.45) is 0. The Bertz CT molecular complexity index is 17.6. The molecule has 1 aliphatic heterocycles. The van der Waals surface area contributed by atoms with Gasteiger partial charge in [-0.2, -0.15) is 0 Å². The van der Waals surface area contributed by atoms with Crippen molar-refractivity contribution in [3.05, 3.63) is 0 Å². The zero-order valence-electron chi connectivity index (χ0n) is 2.32. The van der Waals surface area contributed by atoms with Gasteiger partial charge in [0.15, 0.2) is 0 Å². The Morgan fingerprint density at radius 3 is 1.80 bits per heavy atom. The molecule has 0 bridgehead atoms. The Morgan fingerprint density at radius 1 is 1.60 bits per heavy atom. The molecule has 0 aromatic heterocycles. The molecule has 2 nitrogen and oxygen atoms in total. The van der Waals surface area contributed by atoms with E-state index in [1.165, 1.54) is 0 Å². The molecular formula is C2H9NOSi. The highest BCUT2D eigenvalue weighted by Gasteiger charge is 1.92. The smallest absolute Gasteiger partial charge is 0.0830 e. The first-order chi connectivity index (χ1) is 2.00. The van der Waals surface area contributed by atoms with Crippen LogP contribution in [0.2, 0.25) is 0 Å².